The summed E-state index contributed by atoms with van der Waals surface area (Å²) in [5, 5.41) is 2.93. The number of amides is 1. The lowest BCUT2D eigenvalue weighted by Gasteiger charge is -2.12. The molecular formula is C23H21N3O3. The van der Waals surface area contributed by atoms with Crippen LogP contribution in [0.5, 0.6) is 11.5 Å². The average molecular weight is 387 g/mol. The van der Waals surface area contributed by atoms with Crippen LogP contribution in [0.2, 0.25) is 0 Å². The minimum absolute atomic E-state index is 0.125. The van der Waals surface area contributed by atoms with Gasteiger partial charge in [-0.2, -0.15) is 0 Å². The third-order valence-electron chi connectivity index (χ3n) is 4.69. The number of hydrogen-bond donors (Lipinski definition) is 1. The fraction of sp³-hybridized carbons (Fsp3) is 0.130. The van der Waals surface area contributed by atoms with E-state index in [1.807, 2.05) is 77.4 Å². The highest BCUT2D eigenvalue weighted by atomic mass is 16.5. The molecule has 3 aromatic carbocycles. The number of nitrogens with one attached hydrogen (secondary N) is 1. The van der Waals surface area contributed by atoms with Gasteiger partial charge in [-0.25, -0.2) is 4.98 Å². The summed E-state index contributed by atoms with van der Waals surface area (Å²) in [4.78, 5) is 17.6. The van der Waals surface area contributed by atoms with Crippen molar-refractivity contribution in [3.8, 4) is 22.9 Å². The number of imidazole rings is 1. The smallest absolute Gasteiger partial charge is 0.244 e. The van der Waals surface area contributed by atoms with Crippen molar-refractivity contribution in [3.05, 3.63) is 72.8 Å². The van der Waals surface area contributed by atoms with Crippen LogP contribution in [0.15, 0.2) is 72.8 Å². The lowest BCUT2D eigenvalue weighted by Crippen LogP contribution is -2.19. The number of fused-ring (bicyclic) bond motifs is 1. The second-order valence-electron chi connectivity index (χ2n) is 6.49. The number of carbonyl (C=O) groups excluding carboxylic acids is 1. The molecule has 6 nitrogen and oxygen atoms in total. The maximum Gasteiger partial charge on any atom is 0.244 e. The molecule has 4 aromatic rings. The molecule has 0 saturated heterocycles. The van der Waals surface area contributed by atoms with Crippen LogP contribution in [-0.4, -0.2) is 29.7 Å². The summed E-state index contributed by atoms with van der Waals surface area (Å²) < 4.78 is 12.5. The summed E-state index contributed by atoms with van der Waals surface area (Å²) in [5.74, 6) is 1.95. The zero-order chi connectivity index (χ0) is 20.2. The first kappa shape index (κ1) is 18.6. The van der Waals surface area contributed by atoms with Gasteiger partial charge in [0.15, 0.2) is 0 Å². The number of methoxy groups -OCH3 is 2. The first-order valence-electron chi connectivity index (χ1n) is 9.22. The summed E-state index contributed by atoms with van der Waals surface area (Å²) in [6, 6.07) is 22.8. The molecular weight excluding hydrogens is 366 g/mol. The highest BCUT2D eigenvalue weighted by molar-refractivity contribution is 5.94. The van der Waals surface area contributed by atoms with E-state index in [1.165, 1.54) is 0 Å². The van der Waals surface area contributed by atoms with E-state index >= 15 is 0 Å². The average Bonchev–Trinajstić information content (AvgIpc) is 3.12. The molecule has 0 fully saturated rings. The zero-order valence-electron chi connectivity index (χ0n) is 16.3. The molecule has 29 heavy (non-hydrogen) atoms. The van der Waals surface area contributed by atoms with Crippen molar-refractivity contribution in [3.63, 3.8) is 0 Å². The van der Waals surface area contributed by atoms with E-state index in [-0.39, 0.29) is 12.5 Å². The molecule has 0 saturated carbocycles. The number of anilines is 1. The number of rotatable bonds is 6. The van der Waals surface area contributed by atoms with E-state index in [0.29, 0.717) is 11.4 Å². The van der Waals surface area contributed by atoms with Gasteiger partial charge in [-0.1, -0.05) is 24.3 Å². The zero-order valence-corrected chi connectivity index (χ0v) is 16.3. The number of ether oxygens (including phenoxy) is 2. The molecule has 4 rings (SSSR count). The van der Waals surface area contributed by atoms with Gasteiger partial charge >= 0.3 is 0 Å². The van der Waals surface area contributed by atoms with E-state index < -0.39 is 0 Å². The number of para-hydroxylation sites is 4. The van der Waals surface area contributed by atoms with Crippen molar-refractivity contribution in [2.45, 2.75) is 6.54 Å². The Morgan fingerprint density at radius 2 is 1.66 bits per heavy atom. The summed E-state index contributed by atoms with van der Waals surface area (Å²) in [7, 11) is 3.21. The highest BCUT2D eigenvalue weighted by Crippen LogP contribution is 2.27. The number of benzene rings is 3. The predicted octanol–water partition coefficient (Wildman–Crippen LogP) is 4.36. The Morgan fingerprint density at radius 3 is 2.41 bits per heavy atom. The minimum Gasteiger partial charge on any atom is -0.497 e. The van der Waals surface area contributed by atoms with Crippen LogP contribution in [0.4, 0.5) is 5.69 Å². The molecule has 0 bridgehead atoms. The molecule has 6 heteroatoms. The fourth-order valence-electron chi connectivity index (χ4n) is 3.28. The van der Waals surface area contributed by atoms with Crippen molar-refractivity contribution < 1.29 is 14.3 Å². The SMILES string of the molecule is COc1ccc(-c2nc3ccccc3n2CC(=O)Nc2ccccc2OC)cc1. The van der Waals surface area contributed by atoms with Crippen molar-refractivity contribution in [1.29, 1.82) is 0 Å². The van der Waals surface area contributed by atoms with Crippen LogP contribution in [0.25, 0.3) is 22.4 Å². The summed E-state index contributed by atoms with van der Waals surface area (Å²) in [6.07, 6.45) is 0. The molecule has 1 heterocycles. The van der Waals surface area contributed by atoms with Gasteiger partial charge in [0.25, 0.3) is 0 Å². The molecule has 0 aliphatic rings. The number of carbonyl (C=O) groups is 1. The standard InChI is InChI=1S/C23H21N3O3/c1-28-17-13-11-16(12-14-17)23-25-18-7-3-5-9-20(18)26(23)15-22(27)24-19-8-4-6-10-21(19)29-2/h3-14H,15H2,1-2H3,(H,24,27). The highest BCUT2D eigenvalue weighted by Gasteiger charge is 2.16. The number of nitrogens with zero attached hydrogens (tertiary/aromatic N) is 2. The molecule has 0 radical (unpaired) electrons. The van der Waals surface area contributed by atoms with Crippen molar-refractivity contribution in [1.82, 2.24) is 9.55 Å². The number of aromatic nitrogens is 2. The van der Waals surface area contributed by atoms with Crippen LogP contribution in [0, 0.1) is 0 Å². The van der Waals surface area contributed by atoms with Crippen molar-refractivity contribution in [2.24, 2.45) is 0 Å². The first-order valence-corrected chi connectivity index (χ1v) is 9.22. The predicted molar refractivity (Wildman–Crippen MR) is 113 cm³/mol. The summed E-state index contributed by atoms with van der Waals surface area (Å²) >= 11 is 0. The van der Waals surface area contributed by atoms with Crippen LogP contribution >= 0.6 is 0 Å². The maximum absolute atomic E-state index is 12.8. The Labute approximate surface area is 168 Å². The Bertz CT molecular complexity index is 1150. The Kier molecular flexibility index (Phi) is 5.16. The topological polar surface area (TPSA) is 65.4 Å². The maximum atomic E-state index is 12.8. The first-order chi connectivity index (χ1) is 14.2. The van der Waals surface area contributed by atoms with Gasteiger partial charge in [0.1, 0.15) is 23.9 Å². The summed E-state index contributed by atoms with van der Waals surface area (Å²) in [5.41, 5.74) is 3.28. The van der Waals surface area contributed by atoms with Crippen LogP contribution in [-0.2, 0) is 11.3 Å². The van der Waals surface area contributed by atoms with Gasteiger partial charge < -0.3 is 19.4 Å². The van der Waals surface area contributed by atoms with Gasteiger partial charge in [-0.05, 0) is 48.5 Å². The molecule has 0 unspecified atom stereocenters. The van der Waals surface area contributed by atoms with Crippen LogP contribution in [0.1, 0.15) is 0 Å². The van der Waals surface area contributed by atoms with Gasteiger partial charge in [0.05, 0.1) is 30.9 Å². The van der Waals surface area contributed by atoms with Gasteiger partial charge in [0.2, 0.25) is 5.91 Å². The Balaban J connectivity index is 1.69. The summed E-state index contributed by atoms with van der Waals surface area (Å²) in [6.45, 7) is 0.125. The molecule has 0 aliphatic carbocycles. The van der Waals surface area contributed by atoms with Gasteiger partial charge in [-0.15, -0.1) is 0 Å². The largest absolute Gasteiger partial charge is 0.497 e. The molecule has 0 atom stereocenters. The van der Waals surface area contributed by atoms with Crippen LogP contribution in [0.3, 0.4) is 0 Å². The molecule has 1 amide bonds. The van der Waals surface area contributed by atoms with E-state index in [4.69, 9.17) is 14.5 Å². The molecule has 0 spiro atoms. The van der Waals surface area contributed by atoms with E-state index in [2.05, 4.69) is 5.32 Å². The quantitative estimate of drug-likeness (QED) is 0.534. The fourth-order valence-corrected chi connectivity index (χ4v) is 3.28. The minimum atomic E-state index is -0.160. The lowest BCUT2D eigenvalue weighted by molar-refractivity contribution is -0.116. The molecule has 1 N–H and O–H groups in total. The van der Waals surface area contributed by atoms with E-state index in [9.17, 15) is 4.79 Å². The van der Waals surface area contributed by atoms with Crippen molar-refractivity contribution >= 4 is 22.6 Å². The van der Waals surface area contributed by atoms with Crippen LogP contribution < -0.4 is 14.8 Å². The normalized spacial score (nSPS) is 10.7. The molecule has 0 aliphatic heterocycles. The second-order valence-corrected chi connectivity index (χ2v) is 6.49. The Hall–Kier alpha value is -3.80. The molecule has 146 valence electrons. The number of hydrogen-bond acceptors (Lipinski definition) is 4. The monoisotopic (exact) mass is 387 g/mol. The van der Waals surface area contributed by atoms with Crippen molar-refractivity contribution in [2.75, 3.05) is 19.5 Å². The van der Waals surface area contributed by atoms with Gasteiger partial charge in [-0.3, -0.25) is 4.79 Å². The van der Waals surface area contributed by atoms with E-state index in [1.54, 1.807) is 14.2 Å². The Morgan fingerprint density at radius 1 is 0.931 bits per heavy atom. The second kappa shape index (κ2) is 8.06. The molecule has 1 aromatic heterocycles. The third-order valence-corrected chi connectivity index (χ3v) is 4.69. The lowest BCUT2D eigenvalue weighted by atomic mass is 10.2. The third kappa shape index (κ3) is 3.78. The van der Waals surface area contributed by atoms with Gasteiger partial charge in [0, 0.05) is 5.56 Å². The van der Waals surface area contributed by atoms with E-state index in [0.717, 1.165) is 28.2 Å².